The summed E-state index contributed by atoms with van der Waals surface area (Å²) >= 11 is 2.21. The normalized spacial score (nSPS) is 20.5. The highest BCUT2D eigenvalue weighted by atomic mass is 127. The van der Waals surface area contributed by atoms with E-state index in [-0.39, 0.29) is 42.2 Å². The Balaban J connectivity index is 1.49. The molecule has 2 aromatic rings. The third-order valence-corrected chi connectivity index (χ3v) is 7.92. The summed E-state index contributed by atoms with van der Waals surface area (Å²) in [4.78, 5) is 25.8. The van der Waals surface area contributed by atoms with E-state index in [1.165, 1.54) is 12.2 Å². The molecule has 0 heterocycles. The number of primary amides is 1. The number of hydrogen-bond donors (Lipinski definition) is 5. The molecule has 10 heteroatoms. The van der Waals surface area contributed by atoms with Crippen LogP contribution in [0.25, 0.3) is 0 Å². The van der Waals surface area contributed by atoms with Crippen LogP contribution < -0.4 is 16.4 Å². The molecule has 208 valence electrons. The Hall–Kier alpha value is -2.83. The van der Waals surface area contributed by atoms with Gasteiger partial charge in [-0.1, -0.05) is 31.1 Å². The van der Waals surface area contributed by atoms with Gasteiger partial charge in [0.25, 0.3) is 0 Å². The van der Waals surface area contributed by atoms with Crippen molar-refractivity contribution in [2.24, 2.45) is 17.1 Å². The van der Waals surface area contributed by atoms with Gasteiger partial charge in [0.15, 0.2) is 0 Å². The molecule has 0 bridgehead atoms. The van der Waals surface area contributed by atoms with Crippen molar-refractivity contribution in [1.29, 1.82) is 0 Å². The second kappa shape index (κ2) is 12.6. The van der Waals surface area contributed by atoms with Gasteiger partial charge >= 0.3 is 0 Å². The SMILES string of the molecule is NC(=O)C1(CC2CC2)CC(C(=O)N[C@@H](Cc2cc(F)cc(F)c2)[C@H](O)CNCc2cccc(I)c2)=CC=C1O. The van der Waals surface area contributed by atoms with E-state index < -0.39 is 41.0 Å². The number of nitrogens with one attached hydrogen (secondary N) is 2. The van der Waals surface area contributed by atoms with Gasteiger partial charge < -0.3 is 26.6 Å². The number of allylic oxidation sites excluding steroid dienone is 2. The van der Waals surface area contributed by atoms with Crippen molar-refractivity contribution in [3.8, 4) is 0 Å². The molecular formula is C29H32F2IN3O4. The van der Waals surface area contributed by atoms with Crippen LogP contribution in [0, 0.1) is 26.5 Å². The van der Waals surface area contributed by atoms with Crippen molar-refractivity contribution in [3.05, 3.63) is 92.3 Å². The van der Waals surface area contributed by atoms with Crippen LogP contribution in [0.1, 0.15) is 36.8 Å². The average molecular weight is 651 g/mol. The van der Waals surface area contributed by atoms with Crippen LogP contribution in [0.5, 0.6) is 0 Å². The third kappa shape index (κ3) is 7.64. The summed E-state index contributed by atoms with van der Waals surface area (Å²) in [5.74, 6) is -2.68. The monoisotopic (exact) mass is 651 g/mol. The number of benzene rings is 2. The smallest absolute Gasteiger partial charge is 0.247 e. The topological polar surface area (TPSA) is 125 Å². The standard InChI is InChI=1S/C29H32F2IN3O4/c30-21-8-19(9-22(31)12-21)11-24(25(36)16-34-15-18-2-1-3-23(32)10-18)35-27(38)20-6-7-26(37)29(14-20,28(33)39)13-17-4-5-17/h1-3,6-10,12,17,24-25,34,36-37H,4-5,11,13-16H2,(H2,33,39)(H,35,38)/t24-,25+,29?/m0/s1. The summed E-state index contributed by atoms with van der Waals surface area (Å²) < 4.78 is 28.8. The summed E-state index contributed by atoms with van der Waals surface area (Å²) in [6.07, 6.45) is 3.75. The summed E-state index contributed by atoms with van der Waals surface area (Å²) in [6.45, 7) is 0.571. The molecule has 2 aliphatic rings. The van der Waals surface area contributed by atoms with Gasteiger partial charge in [-0.15, -0.1) is 0 Å². The number of aliphatic hydroxyl groups excluding tert-OH is 2. The minimum Gasteiger partial charge on any atom is -0.511 e. The van der Waals surface area contributed by atoms with Crippen LogP contribution >= 0.6 is 22.6 Å². The van der Waals surface area contributed by atoms with E-state index in [4.69, 9.17) is 5.73 Å². The molecule has 1 fully saturated rings. The minimum atomic E-state index is -1.36. The molecule has 0 saturated heterocycles. The van der Waals surface area contributed by atoms with Crippen LogP contribution in [0.15, 0.2) is 65.9 Å². The van der Waals surface area contributed by atoms with E-state index in [0.717, 1.165) is 40.2 Å². The first-order valence-corrected chi connectivity index (χ1v) is 13.9. The predicted molar refractivity (Wildman–Crippen MR) is 151 cm³/mol. The van der Waals surface area contributed by atoms with Gasteiger partial charge in [-0.3, -0.25) is 9.59 Å². The van der Waals surface area contributed by atoms with Gasteiger partial charge in [-0.2, -0.15) is 0 Å². The number of rotatable bonds is 12. The van der Waals surface area contributed by atoms with E-state index in [1.54, 1.807) is 0 Å². The lowest BCUT2D eigenvalue weighted by Gasteiger charge is -2.33. The van der Waals surface area contributed by atoms with Crippen LogP contribution in [0.2, 0.25) is 0 Å². The lowest BCUT2D eigenvalue weighted by molar-refractivity contribution is -0.128. The maximum absolute atomic E-state index is 13.9. The lowest BCUT2D eigenvalue weighted by Crippen LogP contribution is -2.50. The molecular weight excluding hydrogens is 619 g/mol. The fourth-order valence-electron chi connectivity index (χ4n) is 4.96. The maximum atomic E-state index is 13.9. The Labute approximate surface area is 239 Å². The van der Waals surface area contributed by atoms with Crippen LogP contribution in [0.3, 0.4) is 0 Å². The number of aliphatic hydroxyl groups is 2. The number of carbonyl (C=O) groups excluding carboxylic acids is 2. The molecule has 1 unspecified atom stereocenters. The van der Waals surface area contributed by atoms with Gasteiger partial charge in [0.1, 0.15) is 22.8 Å². The van der Waals surface area contributed by atoms with E-state index in [0.29, 0.717) is 13.0 Å². The third-order valence-electron chi connectivity index (χ3n) is 7.25. The molecule has 2 aliphatic carbocycles. The van der Waals surface area contributed by atoms with Gasteiger partial charge in [-0.05, 0) is 89.2 Å². The zero-order valence-electron chi connectivity index (χ0n) is 21.3. The zero-order valence-corrected chi connectivity index (χ0v) is 23.5. The summed E-state index contributed by atoms with van der Waals surface area (Å²) in [7, 11) is 0. The fraction of sp³-hybridized carbons (Fsp3) is 0.379. The number of halogens is 3. The van der Waals surface area contributed by atoms with E-state index in [1.807, 2.05) is 24.3 Å². The maximum Gasteiger partial charge on any atom is 0.247 e. The number of hydrogen-bond acceptors (Lipinski definition) is 5. The van der Waals surface area contributed by atoms with Gasteiger partial charge in [0.2, 0.25) is 11.8 Å². The Morgan fingerprint density at radius 3 is 2.46 bits per heavy atom. The minimum absolute atomic E-state index is 0.0378. The summed E-state index contributed by atoms with van der Waals surface area (Å²) in [5.41, 5.74) is 5.85. The molecule has 39 heavy (non-hydrogen) atoms. The van der Waals surface area contributed by atoms with E-state index >= 15 is 0 Å². The average Bonchev–Trinajstić information content (AvgIpc) is 3.68. The number of nitrogens with two attached hydrogens (primary N) is 1. The molecule has 1 saturated carbocycles. The molecule has 4 rings (SSSR count). The Bertz CT molecular complexity index is 1280. The first-order chi connectivity index (χ1) is 18.6. The highest BCUT2D eigenvalue weighted by Gasteiger charge is 2.47. The molecule has 7 nitrogen and oxygen atoms in total. The van der Waals surface area contributed by atoms with Crippen molar-refractivity contribution < 1.29 is 28.6 Å². The molecule has 2 aromatic carbocycles. The Morgan fingerprint density at radius 1 is 1.10 bits per heavy atom. The van der Waals surface area contributed by atoms with E-state index in [2.05, 4.69) is 33.2 Å². The fourth-order valence-corrected chi connectivity index (χ4v) is 5.56. The second-order valence-electron chi connectivity index (χ2n) is 10.4. The Kier molecular flexibility index (Phi) is 9.39. The first-order valence-electron chi connectivity index (χ1n) is 12.8. The van der Waals surface area contributed by atoms with Crippen molar-refractivity contribution >= 4 is 34.4 Å². The summed E-state index contributed by atoms with van der Waals surface area (Å²) in [5, 5.41) is 27.5. The highest BCUT2D eigenvalue weighted by molar-refractivity contribution is 14.1. The van der Waals surface area contributed by atoms with Crippen LogP contribution in [-0.2, 0) is 22.6 Å². The van der Waals surface area contributed by atoms with E-state index in [9.17, 15) is 28.6 Å². The molecule has 6 N–H and O–H groups in total. The molecule has 0 radical (unpaired) electrons. The van der Waals surface area contributed by atoms with Crippen molar-refractivity contribution in [2.75, 3.05) is 6.54 Å². The second-order valence-corrected chi connectivity index (χ2v) is 11.7. The lowest BCUT2D eigenvalue weighted by atomic mass is 9.72. The quantitative estimate of drug-likeness (QED) is 0.224. The van der Waals surface area contributed by atoms with Crippen molar-refractivity contribution in [2.45, 2.75) is 50.8 Å². The van der Waals surface area contributed by atoms with Gasteiger partial charge in [0.05, 0.1) is 12.1 Å². The molecule has 0 aromatic heterocycles. The predicted octanol–water partition coefficient (Wildman–Crippen LogP) is 3.79. The molecule has 3 atom stereocenters. The molecule has 2 amide bonds. The molecule has 0 aliphatic heterocycles. The Morgan fingerprint density at radius 2 is 1.82 bits per heavy atom. The van der Waals surface area contributed by atoms with Gasteiger partial charge in [-0.25, -0.2) is 8.78 Å². The highest BCUT2D eigenvalue weighted by Crippen LogP contribution is 2.48. The first kappa shape index (κ1) is 29.2. The number of amides is 2. The number of carbonyl (C=O) groups is 2. The van der Waals surface area contributed by atoms with Gasteiger partial charge in [0, 0.05) is 28.3 Å². The van der Waals surface area contributed by atoms with Crippen molar-refractivity contribution in [1.82, 2.24) is 10.6 Å². The largest absolute Gasteiger partial charge is 0.511 e. The van der Waals surface area contributed by atoms with Crippen LogP contribution in [-0.4, -0.2) is 40.7 Å². The summed E-state index contributed by atoms with van der Waals surface area (Å²) in [6, 6.07) is 10.00. The van der Waals surface area contributed by atoms with Crippen molar-refractivity contribution in [3.63, 3.8) is 0 Å². The molecule has 0 spiro atoms. The zero-order chi connectivity index (χ0) is 28.2. The van der Waals surface area contributed by atoms with Crippen LogP contribution in [0.4, 0.5) is 8.78 Å².